The van der Waals surface area contributed by atoms with E-state index >= 15 is 0 Å². The lowest BCUT2D eigenvalue weighted by atomic mass is 10.2. The molecule has 2 rings (SSSR count). The number of hydrogen-bond donors (Lipinski definition) is 0. The van der Waals surface area contributed by atoms with Gasteiger partial charge in [0.1, 0.15) is 0 Å². The zero-order chi connectivity index (χ0) is 10.8. The number of nitro benzene ring substituents is 1. The van der Waals surface area contributed by atoms with E-state index in [1.165, 1.54) is 17.4 Å². The minimum atomic E-state index is -0.404. The van der Waals surface area contributed by atoms with Gasteiger partial charge in [0.25, 0.3) is 5.69 Å². The number of hydrogen-bond acceptors (Lipinski definition) is 3. The molecule has 0 radical (unpaired) electrons. The number of nitro groups is 1. The molecule has 0 bridgehead atoms. The van der Waals surface area contributed by atoms with Crippen molar-refractivity contribution in [3.05, 3.63) is 50.8 Å². The van der Waals surface area contributed by atoms with Crippen molar-refractivity contribution >= 4 is 28.6 Å². The normalized spacial score (nSPS) is 10.2. The van der Waals surface area contributed by atoms with E-state index < -0.39 is 4.92 Å². The molecule has 0 fully saturated rings. The Hall–Kier alpha value is -1.39. The van der Waals surface area contributed by atoms with Crippen LogP contribution >= 0.6 is 22.9 Å². The third kappa shape index (κ3) is 2.16. The van der Waals surface area contributed by atoms with E-state index in [9.17, 15) is 10.1 Å². The standard InChI is InChI=1S/C10H6ClNO2S/c11-10-5-4-9(15-10)7-2-1-3-8(6-7)12(13)14/h1-6H. The molecule has 76 valence electrons. The topological polar surface area (TPSA) is 43.1 Å². The largest absolute Gasteiger partial charge is 0.270 e. The number of thiophene rings is 1. The van der Waals surface area contributed by atoms with Crippen molar-refractivity contribution in [3.8, 4) is 10.4 Å². The van der Waals surface area contributed by atoms with E-state index in [1.807, 2.05) is 12.1 Å². The van der Waals surface area contributed by atoms with Crippen molar-refractivity contribution < 1.29 is 4.92 Å². The maximum atomic E-state index is 10.6. The second-order valence-electron chi connectivity index (χ2n) is 2.91. The minimum absolute atomic E-state index is 0.0945. The van der Waals surface area contributed by atoms with Gasteiger partial charge in [0.05, 0.1) is 9.26 Å². The summed E-state index contributed by atoms with van der Waals surface area (Å²) in [6.07, 6.45) is 0. The molecule has 0 unspecified atom stereocenters. The lowest BCUT2D eigenvalue weighted by Gasteiger charge is -1.96. The molecule has 0 N–H and O–H groups in total. The predicted octanol–water partition coefficient (Wildman–Crippen LogP) is 3.98. The molecule has 0 aliphatic rings. The summed E-state index contributed by atoms with van der Waals surface area (Å²) in [7, 11) is 0. The molecule has 0 aliphatic carbocycles. The maximum absolute atomic E-state index is 10.6. The number of benzene rings is 1. The van der Waals surface area contributed by atoms with Crippen LogP contribution < -0.4 is 0 Å². The molecule has 0 aliphatic heterocycles. The van der Waals surface area contributed by atoms with Crippen molar-refractivity contribution in [2.45, 2.75) is 0 Å². The monoisotopic (exact) mass is 239 g/mol. The van der Waals surface area contributed by atoms with E-state index in [1.54, 1.807) is 18.2 Å². The second kappa shape index (κ2) is 4.00. The number of halogens is 1. The molecule has 2 aromatic rings. The van der Waals surface area contributed by atoms with Crippen LogP contribution in [0.1, 0.15) is 0 Å². The van der Waals surface area contributed by atoms with E-state index in [4.69, 9.17) is 11.6 Å². The summed E-state index contributed by atoms with van der Waals surface area (Å²) < 4.78 is 0.677. The fraction of sp³-hybridized carbons (Fsp3) is 0. The van der Waals surface area contributed by atoms with Gasteiger partial charge in [-0.15, -0.1) is 11.3 Å². The Morgan fingerprint density at radius 3 is 2.67 bits per heavy atom. The first-order valence-electron chi connectivity index (χ1n) is 4.17. The highest BCUT2D eigenvalue weighted by Crippen LogP contribution is 2.32. The van der Waals surface area contributed by atoms with Crippen LogP contribution in [0.5, 0.6) is 0 Å². The molecule has 1 aromatic carbocycles. The number of rotatable bonds is 2. The van der Waals surface area contributed by atoms with Crippen LogP contribution in [0.4, 0.5) is 5.69 Å². The Morgan fingerprint density at radius 1 is 1.27 bits per heavy atom. The van der Waals surface area contributed by atoms with Gasteiger partial charge >= 0.3 is 0 Å². The first-order valence-corrected chi connectivity index (χ1v) is 5.36. The average Bonchev–Trinajstić information content (AvgIpc) is 2.65. The Bertz CT molecular complexity index is 510. The lowest BCUT2D eigenvalue weighted by Crippen LogP contribution is -1.87. The molecule has 0 saturated carbocycles. The van der Waals surface area contributed by atoms with Gasteiger partial charge in [-0.3, -0.25) is 10.1 Å². The van der Waals surface area contributed by atoms with Crippen molar-refractivity contribution in [1.29, 1.82) is 0 Å². The highest BCUT2D eigenvalue weighted by Gasteiger charge is 2.08. The average molecular weight is 240 g/mol. The van der Waals surface area contributed by atoms with E-state index in [0.29, 0.717) is 4.34 Å². The molecular weight excluding hydrogens is 234 g/mol. The van der Waals surface area contributed by atoms with Gasteiger partial charge in [-0.25, -0.2) is 0 Å². The summed E-state index contributed by atoms with van der Waals surface area (Å²) >= 11 is 7.20. The first kappa shape index (κ1) is 10.1. The molecule has 0 spiro atoms. The Morgan fingerprint density at radius 2 is 2.07 bits per heavy atom. The van der Waals surface area contributed by atoms with Crippen LogP contribution in [0.3, 0.4) is 0 Å². The molecular formula is C10H6ClNO2S. The summed E-state index contributed by atoms with van der Waals surface area (Å²) in [4.78, 5) is 11.1. The van der Waals surface area contributed by atoms with Gasteiger partial charge in [0.2, 0.25) is 0 Å². The van der Waals surface area contributed by atoms with Gasteiger partial charge in [0.15, 0.2) is 0 Å². The molecule has 0 saturated heterocycles. The van der Waals surface area contributed by atoms with Gasteiger partial charge in [-0.05, 0) is 17.7 Å². The maximum Gasteiger partial charge on any atom is 0.270 e. The van der Waals surface area contributed by atoms with Crippen LogP contribution in [0, 0.1) is 10.1 Å². The van der Waals surface area contributed by atoms with Gasteiger partial charge in [-0.1, -0.05) is 23.7 Å². The fourth-order valence-electron chi connectivity index (χ4n) is 1.24. The smallest absolute Gasteiger partial charge is 0.258 e. The van der Waals surface area contributed by atoms with Crippen molar-refractivity contribution in [2.75, 3.05) is 0 Å². The van der Waals surface area contributed by atoms with Crippen LogP contribution in [-0.4, -0.2) is 4.92 Å². The summed E-state index contributed by atoms with van der Waals surface area (Å²) in [5, 5.41) is 10.6. The van der Waals surface area contributed by atoms with Crippen LogP contribution in [0.25, 0.3) is 10.4 Å². The van der Waals surface area contributed by atoms with Gasteiger partial charge in [-0.2, -0.15) is 0 Å². The van der Waals surface area contributed by atoms with E-state index in [0.717, 1.165) is 10.4 Å². The molecule has 3 nitrogen and oxygen atoms in total. The summed E-state index contributed by atoms with van der Waals surface area (Å²) in [6.45, 7) is 0. The van der Waals surface area contributed by atoms with Crippen molar-refractivity contribution in [2.24, 2.45) is 0 Å². The summed E-state index contributed by atoms with van der Waals surface area (Å²) in [5.74, 6) is 0. The lowest BCUT2D eigenvalue weighted by molar-refractivity contribution is -0.384. The Labute approximate surface area is 95.1 Å². The highest BCUT2D eigenvalue weighted by molar-refractivity contribution is 7.19. The molecule has 0 amide bonds. The second-order valence-corrected chi connectivity index (χ2v) is 4.63. The summed E-state index contributed by atoms with van der Waals surface area (Å²) in [5.41, 5.74) is 0.915. The number of non-ortho nitro benzene ring substituents is 1. The third-order valence-corrected chi connectivity index (χ3v) is 3.19. The van der Waals surface area contributed by atoms with Crippen LogP contribution in [0.2, 0.25) is 4.34 Å². The molecule has 5 heteroatoms. The van der Waals surface area contributed by atoms with E-state index in [2.05, 4.69) is 0 Å². The Kier molecular flexibility index (Phi) is 2.70. The molecule has 1 aromatic heterocycles. The van der Waals surface area contributed by atoms with Crippen LogP contribution in [0.15, 0.2) is 36.4 Å². The quantitative estimate of drug-likeness (QED) is 0.588. The van der Waals surface area contributed by atoms with Crippen molar-refractivity contribution in [3.63, 3.8) is 0 Å². The zero-order valence-electron chi connectivity index (χ0n) is 7.51. The molecule has 0 atom stereocenters. The predicted molar refractivity (Wildman–Crippen MR) is 61.4 cm³/mol. The highest BCUT2D eigenvalue weighted by atomic mass is 35.5. The van der Waals surface area contributed by atoms with Gasteiger partial charge in [0, 0.05) is 17.0 Å². The molecule has 15 heavy (non-hydrogen) atoms. The Balaban J connectivity index is 2.45. The number of nitrogens with zero attached hydrogens (tertiary/aromatic N) is 1. The minimum Gasteiger partial charge on any atom is -0.258 e. The summed E-state index contributed by atoms with van der Waals surface area (Å²) in [6, 6.07) is 10.1. The van der Waals surface area contributed by atoms with Crippen LogP contribution in [-0.2, 0) is 0 Å². The third-order valence-electron chi connectivity index (χ3n) is 1.91. The van der Waals surface area contributed by atoms with Crippen molar-refractivity contribution in [1.82, 2.24) is 0 Å². The zero-order valence-corrected chi connectivity index (χ0v) is 9.09. The first-order chi connectivity index (χ1) is 7.16. The molecule has 1 heterocycles. The van der Waals surface area contributed by atoms with Gasteiger partial charge < -0.3 is 0 Å². The fourth-order valence-corrected chi connectivity index (χ4v) is 2.28. The van der Waals surface area contributed by atoms with E-state index in [-0.39, 0.29) is 5.69 Å². The SMILES string of the molecule is O=[N+]([O-])c1cccc(-c2ccc(Cl)s2)c1.